The Morgan fingerprint density at radius 1 is 1.13 bits per heavy atom. The molecule has 0 fully saturated rings. The first-order valence-corrected chi connectivity index (χ1v) is 10.4. The van der Waals surface area contributed by atoms with Gasteiger partial charge in [0, 0.05) is 29.2 Å². The number of aromatic amines is 1. The average molecular weight is 463 g/mol. The van der Waals surface area contributed by atoms with E-state index in [0.29, 0.717) is 28.0 Å². The van der Waals surface area contributed by atoms with Gasteiger partial charge in [-0.05, 0) is 62.7 Å². The molecule has 0 unspecified atom stereocenters. The van der Waals surface area contributed by atoms with Crippen molar-refractivity contribution in [3.8, 4) is 0 Å². The van der Waals surface area contributed by atoms with Crippen molar-refractivity contribution >= 4 is 51.9 Å². The third-order valence-electron chi connectivity index (χ3n) is 4.28. The Morgan fingerprint density at radius 2 is 1.81 bits per heavy atom. The van der Waals surface area contributed by atoms with Crippen LogP contribution in [-0.4, -0.2) is 46.1 Å². The van der Waals surface area contributed by atoms with E-state index in [2.05, 4.69) is 15.3 Å². The Labute approximate surface area is 190 Å². The van der Waals surface area contributed by atoms with Gasteiger partial charge in [0.05, 0.1) is 11.0 Å². The maximum absolute atomic E-state index is 12.5. The number of anilines is 1. The number of halogens is 2. The molecule has 0 atom stereocenters. The molecule has 2 N–H and O–H groups in total. The normalized spacial score (nSPS) is 11.4. The van der Waals surface area contributed by atoms with Gasteiger partial charge in [-0.25, -0.2) is 9.78 Å². The van der Waals surface area contributed by atoms with Crippen LogP contribution in [0.1, 0.15) is 32.2 Å². The number of nitrogens with one attached hydrogen (secondary N) is 2. The van der Waals surface area contributed by atoms with Crippen LogP contribution < -0.4 is 5.32 Å². The van der Waals surface area contributed by atoms with Crippen molar-refractivity contribution in [2.24, 2.45) is 0 Å². The molecule has 3 aromatic rings. The number of benzene rings is 2. The average Bonchev–Trinajstić information content (AvgIpc) is 3.03. The summed E-state index contributed by atoms with van der Waals surface area (Å²) in [5.41, 5.74) is 2.36. The first-order chi connectivity index (χ1) is 14.5. The molecule has 1 aromatic heterocycles. The number of imidazole rings is 1. The molecule has 0 radical (unpaired) electrons. The van der Waals surface area contributed by atoms with Crippen LogP contribution in [0.25, 0.3) is 11.0 Å². The van der Waals surface area contributed by atoms with Gasteiger partial charge < -0.3 is 19.9 Å². The number of carbonyl (C=O) groups excluding carboxylic acids is 2. The maximum atomic E-state index is 12.5. The summed E-state index contributed by atoms with van der Waals surface area (Å²) in [5.74, 6) is 0.356. The second-order valence-electron chi connectivity index (χ2n) is 8.21. The minimum absolute atomic E-state index is 0.153. The van der Waals surface area contributed by atoms with E-state index in [1.807, 2.05) is 6.07 Å². The Kier molecular flexibility index (Phi) is 6.77. The van der Waals surface area contributed by atoms with Crippen molar-refractivity contribution in [1.29, 1.82) is 0 Å². The molecule has 31 heavy (non-hydrogen) atoms. The van der Waals surface area contributed by atoms with Crippen LogP contribution in [0.4, 0.5) is 10.5 Å². The lowest BCUT2D eigenvalue weighted by Gasteiger charge is -2.24. The largest absolute Gasteiger partial charge is 0.444 e. The van der Waals surface area contributed by atoms with Crippen molar-refractivity contribution in [2.45, 2.75) is 32.8 Å². The lowest BCUT2D eigenvalue weighted by Crippen LogP contribution is -2.38. The summed E-state index contributed by atoms with van der Waals surface area (Å²) in [6.45, 7) is 5.15. The molecule has 0 saturated carbocycles. The highest BCUT2D eigenvalue weighted by Crippen LogP contribution is 2.25. The Morgan fingerprint density at radius 3 is 2.52 bits per heavy atom. The van der Waals surface area contributed by atoms with E-state index in [9.17, 15) is 9.59 Å². The topological polar surface area (TPSA) is 87.3 Å². The first-order valence-electron chi connectivity index (χ1n) is 9.67. The quantitative estimate of drug-likeness (QED) is 0.540. The highest BCUT2D eigenvalue weighted by Gasteiger charge is 2.21. The van der Waals surface area contributed by atoms with Crippen LogP contribution in [0.2, 0.25) is 10.0 Å². The minimum atomic E-state index is -0.637. The Balaban J connectivity index is 1.73. The fourth-order valence-corrected chi connectivity index (χ4v) is 3.31. The number of rotatable bonds is 5. The zero-order chi connectivity index (χ0) is 22.8. The van der Waals surface area contributed by atoms with Gasteiger partial charge in [0.1, 0.15) is 18.0 Å². The highest BCUT2D eigenvalue weighted by atomic mass is 35.5. The van der Waals surface area contributed by atoms with E-state index < -0.39 is 11.7 Å². The molecule has 2 amide bonds. The SMILES string of the molecule is CN(CC(=O)Nc1ccc(Cl)cc1Cc1nc2ccc(Cl)cc2[nH]1)C(=O)OC(C)(C)C. The summed E-state index contributed by atoms with van der Waals surface area (Å²) < 4.78 is 5.27. The van der Waals surface area contributed by atoms with Gasteiger partial charge in [-0.2, -0.15) is 0 Å². The number of aromatic nitrogens is 2. The number of likely N-dealkylation sites (N-methyl/N-ethyl adjacent to an activating group) is 1. The van der Waals surface area contributed by atoms with E-state index in [1.54, 1.807) is 51.1 Å². The van der Waals surface area contributed by atoms with E-state index in [4.69, 9.17) is 27.9 Å². The summed E-state index contributed by atoms with van der Waals surface area (Å²) in [5, 5.41) is 4.00. The fraction of sp³-hybridized carbons (Fsp3) is 0.318. The van der Waals surface area contributed by atoms with Gasteiger partial charge >= 0.3 is 6.09 Å². The summed E-state index contributed by atoms with van der Waals surface area (Å²) in [6.07, 6.45) is -0.149. The second-order valence-corrected chi connectivity index (χ2v) is 9.08. The highest BCUT2D eigenvalue weighted by molar-refractivity contribution is 6.31. The molecule has 0 bridgehead atoms. The predicted molar refractivity (Wildman–Crippen MR) is 123 cm³/mol. The Bertz CT molecular complexity index is 1120. The van der Waals surface area contributed by atoms with Gasteiger partial charge in [-0.15, -0.1) is 0 Å². The number of amides is 2. The van der Waals surface area contributed by atoms with Crippen molar-refractivity contribution in [3.05, 3.63) is 57.8 Å². The number of fused-ring (bicyclic) bond motifs is 1. The molecule has 9 heteroatoms. The smallest absolute Gasteiger partial charge is 0.410 e. The molecule has 0 aliphatic heterocycles. The van der Waals surface area contributed by atoms with Crippen LogP contribution in [-0.2, 0) is 16.0 Å². The molecule has 0 spiro atoms. The molecular weight excluding hydrogens is 439 g/mol. The predicted octanol–water partition coefficient (Wildman–Crippen LogP) is 5.27. The van der Waals surface area contributed by atoms with Crippen LogP contribution in [0.3, 0.4) is 0 Å². The first kappa shape index (κ1) is 22.9. The standard InChI is InChI=1S/C22H24Cl2N4O3/c1-22(2,3)31-21(30)28(4)12-20(29)27-16-7-5-14(23)9-13(16)10-19-25-17-8-6-15(24)11-18(17)26-19/h5-9,11H,10,12H2,1-4H3,(H,25,26)(H,27,29). The second kappa shape index (κ2) is 9.16. The molecule has 0 saturated heterocycles. The number of H-pyrrole nitrogens is 1. The third kappa shape index (κ3) is 6.35. The summed E-state index contributed by atoms with van der Waals surface area (Å²) >= 11 is 12.2. The molecule has 0 aliphatic carbocycles. The number of hydrogen-bond donors (Lipinski definition) is 2. The number of nitrogens with zero attached hydrogens (tertiary/aromatic N) is 2. The zero-order valence-corrected chi connectivity index (χ0v) is 19.3. The third-order valence-corrected chi connectivity index (χ3v) is 4.75. The zero-order valence-electron chi connectivity index (χ0n) is 17.8. The molecular formula is C22H24Cl2N4O3. The molecule has 1 heterocycles. The van der Waals surface area contributed by atoms with Gasteiger partial charge in [-0.1, -0.05) is 23.2 Å². The summed E-state index contributed by atoms with van der Waals surface area (Å²) in [7, 11) is 1.51. The van der Waals surface area contributed by atoms with Crippen LogP contribution >= 0.6 is 23.2 Å². The van der Waals surface area contributed by atoms with Crippen molar-refractivity contribution in [1.82, 2.24) is 14.9 Å². The van der Waals surface area contributed by atoms with Crippen LogP contribution in [0, 0.1) is 0 Å². The van der Waals surface area contributed by atoms with E-state index in [1.165, 1.54) is 11.9 Å². The number of ether oxygens (including phenoxy) is 1. The van der Waals surface area contributed by atoms with Crippen molar-refractivity contribution in [3.63, 3.8) is 0 Å². The van der Waals surface area contributed by atoms with E-state index >= 15 is 0 Å². The van der Waals surface area contributed by atoms with Gasteiger partial charge in [-0.3, -0.25) is 4.79 Å². The van der Waals surface area contributed by atoms with Crippen molar-refractivity contribution < 1.29 is 14.3 Å². The van der Waals surface area contributed by atoms with E-state index in [-0.39, 0.29) is 12.5 Å². The number of carbonyl (C=O) groups is 2. The van der Waals surface area contributed by atoms with Gasteiger partial charge in [0.15, 0.2) is 0 Å². The lowest BCUT2D eigenvalue weighted by molar-refractivity contribution is -0.117. The lowest BCUT2D eigenvalue weighted by atomic mass is 10.1. The van der Waals surface area contributed by atoms with Crippen molar-refractivity contribution in [2.75, 3.05) is 18.9 Å². The monoisotopic (exact) mass is 462 g/mol. The van der Waals surface area contributed by atoms with Crippen LogP contribution in [0.5, 0.6) is 0 Å². The summed E-state index contributed by atoms with van der Waals surface area (Å²) in [6, 6.07) is 10.6. The van der Waals surface area contributed by atoms with Gasteiger partial charge in [0.25, 0.3) is 0 Å². The molecule has 0 aliphatic rings. The Hall–Kier alpha value is -2.77. The fourth-order valence-electron chi connectivity index (χ4n) is 2.94. The molecule has 7 nitrogen and oxygen atoms in total. The van der Waals surface area contributed by atoms with E-state index in [0.717, 1.165) is 16.6 Å². The molecule has 2 aromatic carbocycles. The molecule has 164 valence electrons. The summed E-state index contributed by atoms with van der Waals surface area (Å²) in [4.78, 5) is 33.6. The molecule has 3 rings (SSSR count). The minimum Gasteiger partial charge on any atom is -0.444 e. The maximum Gasteiger partial charge on any atom is 0.410 e. The van der Waals surface area contributed by atoms with Crippen LogP contribution in [0.15, 0.2) is 36.4 Å². The van der Waals surface area contributed by atoms with Gasteiger partial charge in [0.2, 0.25) is 5.91 Å². The number of hydrogen-bond acceptors (Lipinski definition) is 4.